The molecule has 0 aliphatic carbocycles. The lowest BCUT2D eigenvalue weighted by Gasteiger charge is -2.33. The fourth-order valence-electron chi connectivity index (χ4n) is 5.24. The van der Waals surface area contributed by atoms with E-state index < -0.39 is 10.0 Å². The van der Waals surface area contributed by atoms with Crippen molar-refractivity contribution in [2.75, 3.05) is 19.6 Å². The third kappa shape index (κ3) is 4.17. The van der Waals surface area contributed by atoms with Gasteiger partial charge in [-0.25, -0.2) is 13.4 Å². The Morgan fingerprint density at radius 1 is 1.06 bits per heavy atom. The lowest BCUT2D eigenvalue weighted by Crippen LogP contribution is -2.42. The number of aromatic nitrogens is 2. The molecule has 2 fully saturated rings. The molecule has 33 heavy (non-hydrogen) atoms. The summed E-state index contributed by atoms with van der Waals surface area (Å²) in [4.78, 5) is 22.9. The van der Waals surface area contributed by atoms with Crippen LogP contribution in [0, 0.1) is 0 Å². The number of nitrogens with one attached hydrogen (secondary N) is 1. The molecule has 0 bridgehead atoms. The molecule has 1 unspecified atom stereocenters. The number of amides is 1. The molecule has 0 spiro atoms. The van der Waals surface area contributed by atoms with Crippen LogP contribution in [0.3, 0.4) is 0 Å². The quantitative estimate of drug-likeness (QED) is 0.626. The molecule has 2 saturated heterocycles. The summed E-state index contributed by atoms with van der Waals surface area (Å²) in [7, 11) is -3.60. The number of fused-ring (bicyclic) bond motifs is 1. The fraction of sp³-hybridized carbons (Fsp3) is 0.440. The third-order valence-corrected chi connectivity index (χ3v) is 9.14. The van der Waals surface area contributed by atoms with E-state index in [9.17, 15) is 13.2 Å². The van der Waals surface area contributed by atoms with Gasteiger partial charge in [0.1, 0.15) is 5.65 Å². The molecule has 1 N–H and O–H groups in total. The maximum absolute atomic E-state index is 13.2. The highest BCUT2D eigenvalue weighted by Crippen LogP contribution is 2.33. The molecule has 2 aliphatic rings. The second kappa shape index (κ2) is 8.91. The van der Waals surface area contributed by atoms with Gasteiger partial charge in [0.05, 0.1) is 4.90 Å². The highest BCUT2D eigenvalue weighted by atomic mass is 32.2. The number of rotatable bonds is 4. The van der Waals surface area contributed by atoms with Crippen LogP contribution in [0.5, 0.6) is 0 Å². The number of benzene rings is 1. The molecule has 2 aromatic heterocycles. The first-order chi connectivity index (χ1) is 15.9. The van der Waals surface area contributed by atoms with Gasteiger partial charge in [-0.1, -0.05) is 12.5 Å². The normalized spacial score (nSPS) is 20.9. The summed E-state index contributed by atoms with van der Waals surface area (Å²) >= 11 is 0. The molecule has 2 aliphatic heterocycles. The number of nitrogens with zero attached hydrogens (tertiary/aromatic N) is 3. The van der Waals surface area contributed by atoms with Crippen molar-refractivity contribution in [1.82, 2.24) is 19.2 Å². The van der Waals surface area contributed by atoms with Gasteiger partial charge in [-0.2, -0.15) is 4.31 Å². The maximum Gasteiger partial charge on any atom is 0.253 e. The average molecular weight is 467 g/mol. The van der Waals surface area contributed by atoms with E-state index in [4.69, 9.17) is 0 Å². The van der Waals surface area contributed by atoms with Gasteiger partial charge in [0.2, 0.25) is 10.0 Å². The van der Waals surface area contributed by atoms with Crippen LogP contribution in [-0.2, 0) is 10.0 Å². The standard InChI is InChI=1S/C25H30N4O3S/c1-18-6-2-3-13-29(18)33(31,32)21-8-4-7-20(16-21)25(30)28-14-10-19(11-15-28)23-17-27-24-22(23)9-5-12-26-24/h4-5,7-9,12,16-19H,2-3,6,10-11,13-15H2,1H3,(H,26,27). The van der Waals surface area contributed by atoms with Crippen molar-refractivity contribution in [1.29, 1.82) is 0 Å². The van der Waals surface area contributed by atoms with E-state index in [1.54, 1.807) is 34.8 Å². The zero-order valence-corrected chi connectivity index (χ0v) is 19.7. The van der Waals surface area contributed by atoms with Gasteiger partial charge in [0.15, 0.2) is 0 Å². The molecule has 5 rings (SSSR count). The van der Waals surface area contributed by atoms with E-state index in [1.165, 1.54) is 5.56 Å². The molecule has 4 heterocycles. The molecule has 1 aromatic carbocycles. The predicted octanol–water partition coefficient (Wildman–Crippen LogP) is 4.15. The Morgan fingerprint density at radius 2 is 1.88 bits per heavy atom. The van der Waals surface area contributed by atoms with Crippen molar-refractivity contribution < 1.29 is 13.2 Å². The molecule has 3 aromatic rings. The molecule has 1 atom stereocenters. The Labute approximate surface area is 194 Å². The lowest BCUT2D eigenvalue weighted by molar-refractivity contribution is 0.0713. The highest BCUT2D eigenvalue weighted by molar-refractivity contribution is 7.89. The summed E-state index contributed by atoms with van der Waals surface area (Å²) in [6.07, 6.45) is 8.37. The number of aromatic amines is 1. The Balaban J connectivity index is 1.30. The first-order valence-corrected chi connectivity index (χ1v) is 13.2. The fourth-order valence-corrected chi connectivity index (χ4v) is 6.99. The Hall–Kier alpha value is -2.71. The van der Waals surface area contributed by atoms with Crippen molar-refractivity contribution in [3.8, 4) is 0 Å². The molecule has 0 radical (unpaired) electrons. The average Bonchev–Trinajstić information content (AvgIpc) is 3.28. The van der Waals surface area contributed by atoms with Crippen LogP contribution in [-0.4, -0.2) is 59.2 Å². The molecule has 1 amide bonds. The van der Waals surface area contributed by atoms with Crippen LogP contribution in [0.2, 0.25) is 0 Å². The van der Waals surface area contributed by atoms with E-state index in [0.717, 1.165) is 43.1 Å². The largest absolute Gasteiger partial charge is 0.346 e. The minimum absolute atomic E-state index is 0.0122. The minimum Gasteiger partial charge on any atom is -0.346 e. The first kappa shape index (κ1) is 22.1. The Morgan fingerprint density at radius 3 is 2.67 bits per heavy atom. The monoisotopic (exact) mass is 466 g/mol. The number of carbonyl (C=O) groups is 1. The second-order valence-corrected chi connectivity index (χ2v) is 11.1. The van der Waals surface area contributed by atoms with Gasteiger partial charge >= 0.3 is 0 Å². The molecule has 8 heteroatoms. The summed E-state index contributed by atoms with van der Waals surface area (Å²) in [5.74, 6) is 0.275. The summed E-state index contributed by atoms with van der Waals surface area (Å²) in [5, 5.41) is 1.15. The van der Waals surface area contributed by atoms with E-state index in [2.05, 4.69) is 16.0 Å². The highest BCUT2D eigenvalue weighted by Gasteiger charge is 2.32. The van der Waals surface area contributed by atoms with Gasteiger partial charge in [-0.15, -0.1) is 0 Å². The number of H-pyrrole nitrogens is 1. The van der Waals surface area contributed by atoms with Crippen molar-refractivity contribution in [3.05, 3.63) is 59.9 Å². The van der Waals surface area contributed by atoms with Gasteiger partial charge in [-0.3, -0.25) is 4.79 Å². The van der Waals surface area contributed by atoms with Crippen LogP contribution >= 0.6 is 0 Å². The zero-order valence-electron chi connectivity index (χ0n) is 18.9. The van der Waals surface area contributed by atoms with Crippen LogP contribution in [0.4, 0.5) is 0 Å². The minimum atomic E-state index is -3.60. The SMILES string of the molecule is CC1CCCCN1S(=O)(=O)c1cccc(C(=O)N2CCC(c3c[nH]c4ncccc34)CC2)c1. The number of piperidine rings is 2. The lowest BCUT2D eigenvalue weighted by atomic mass is 9.89. The summed E-state index contributed by atoms with van der Waals surface area (Å²) in [6, 6.07) is 10.6. The number of hydrogen-bond acceptors (Lipinski definition) is 4. The molecule has 0 saturated carbocycles. The van der Waals surface area contributed by atoms with E-state index in [0.29, 0.717) is 31.1 Å². The van der Waals surface area contributed by atoms with Crippen molar-refractivity contribution in [3.63, 3.8) is 0 Å². The maximum atomic E-state index is 13.2. The van der Waals surface area contributed by atoms with Crippen molar-refractivity contribution in [2.24, 2.45) is 0 Å². The first-order valence-electron chi connectivity index (χ1n) is 11.8. The zero-order chi connectivity index (χ0) is 23.0. The number of carbonyl (C=O) groups excluding carboxylic acids is 1. The number of pyridine rings is 1. The summed E-state index contributed by atoms with van der Waals surface area (Å²) < 4.78 is 28.0. The van der Waals surface area contributed by atoms with Crippen LogP contribution < -0.4 is 0 Å². The predicted molar refractivity (Wildman–Crippen MR) is 128 cm³/mol. The van der Waals surface area contributed by atoms with Crippen LogP contribution in [0.25, 0.3) is 11.0 Å². The third-order valence-electron chi connectivity index (χ3n) is 7.13. The topological polar surface area (TPSA) is 86.4 Å². The Bertz CT molecular complexity index is 1260. The van der Waals surface area contributed by atoms with E-state index >= 15 is 0 Å². The molecule has 174 valence electrons. The Kier molecular flexibility index (Phi) is 5.97. The molecular weight excluding hydrogens is 436 g/mol. The second-order valence-electron chi connectivity index (χ2n) is 9.20. The van der Waals surface area contributed by atoms with E-state index in [1.807, 2.05) is 24.1 Å². The van der Waals surface area contributed by atoms with Gasteiger partial charge < -0.3 is 9.88 Å². The molecular formula is C25H30N4O3S. The van der Waals surface area contributed by atoms with Crippen molar-refractivity contribution in [2.45, 2.75) is 55.9 Å². The van der Waals surface area contributed by atoms with Crippen LogP contribution in [0.1, 0.15) is 60.9 Å². The summed E-state index contributed by atoms with van der Waals surface area (Å²) in [5.41, 5.74) is 2.59. The van der Waals surface area contributed by atoms with E-state index in [-0.39, 0.29) is 16.8 Å². The van der Waals surface area contributed by atoms with Crippen LogP contribution in [0.15, 0.2) is 53.7 Å². The van der Waals surface area contributed by atoms with Crippen molar-refractivity contribution >= 4 is 27.0 Å². The molecule has 7 nitrogen and oxygen atoms in total. The summed E-state index contributed by atoms with van der Waals surface area (Å²) in [6.45, 7) is 3.80. The smallest absolute Gasteiger partial charge is 0.253 e. The number of sulfonamides is 1. The number of likely N-dealkylation sites (tertiary alicyclic amines) is 1. The number of hydrogen-bond donors (Lipinski definition) is 1. The van der Waals surface area contributed by atoms with Gasteiger partial charge in [0, 0.05) is 49.0 Å². The van der Waals surface area contributed by atoms with Gasteiger partial charge in [-0.05, 0) is 74.4 Å². The van der Waals surface area contributed by atoms with Gasteiger partial charge in [0.25, 0.3) is 5.91 Å².